The second-order valence-electron chi connectivity index (χ2n) is 6.28. The number of benzene rings is 2. The summed E-state index contributed by atoms with van der Waals surface area (Å²) in [5, 5.41) is 7.64. The number of hydrogen-bond donors (Lipinski definition) is 1. The summed E-state index contributed by atoms with van der Waals surface area (Å²) in [5.74, 6) is 0.314. The number of nitrogens with one attached hydrogen (secondary N) is 1. The Balaban J connectivity index is 1.83. The summed E-state index contributed by atoms with van der Waals surface area (Å²) in [6.07, 6.45) is 0. The number of para-hydroxylation sites is 2. The van der Waals surface area contributed by atoms with Crippen molar-refractivity contribution < 1.29 is 9.53 Å². The van der Waals surface area contributed by atoms with Gasteiger partial charge in [0.25, 0.3) is 5.91 Å². The van der Waals surface area contributed by atoms with Crippen LogP contribution in [0.15, 0.2) is 48.5 Å². The van der Waals surface area contributed by atoms with Gasteiger partial charge in [-0.15, -0.1) is 0 Å². The van der Waals surface area contributed by atoms with Crippen molar-refractivity contribution in [3.63, 3.8) is 0 Å². The van der Waals surface area contributed by atoms with Crippen LogP contribution in [-0.4, -0.2) is 22.3 Å². The Hall–Kier alpha value is -2.79. The molecule has 2 aromatic carbocycles. The number of nitrogens with zero attached hydrogens (tertiary/aromatic N) is 2. The molecule has 0 saturated heterocycles. The van der Waals surface area contributed by atoms with Gasteiger partial charge in [-0.25, -0.2) is 4.68 Å². The van der Waals surface area contributed by atoms with Crippen LogP contribution in [0.25, 0.3) is 0 Å². The van der Waals surface area contributed by atoms with E-state index in [-0.39, 0.29) is 5.91 Å². The second kappa shape index (κ2) is 8.27. The number of amides is 1. The van der Waals surface area contributed by atoms with Crippen LogP contribution in [-0.2, 0) is 6.54 Å². The van der Waals surface area contributed by atoms with Gasteiger partial charge in [-0.3, -0.25) is 4.79 Å². The maximum Gasteiger partial charge on any atom is 0.260 e. The van der Waals surface area contributed by atoms with Crippen LogP contribution in [0.1, 0.15) is 34.1 Å². The van der Waals surface area contributed by atoms with Gasteiger partial charge in [-0.05, 0) is 38.5 Å². The van der Waals surface area contributed by atoms with Crippen molar-refractivity contribution >= 4 is 23.2 Å². The number of ether oxygens (including phenoxy) is 1. The van der Waals surface area contributed by atoms with E-state index in [0.717, 1.165) is 5.56 Å². The first-order valence-electron chi connectivity index (χ1n) is 8.81. The third kappa shape index (κ3) is 4.31. The van der Waals surface area contributed by atoms with E-state index in [2.05, 4.69) is 10.4 Å². The van der Waals surface area contributed by atoms with Gasteiger partial charge in [-0.2, -0.15) is 5.10 Å². The van der Waals surface area contributed by atoms with Gasteiger partial charge in [0.1, 0.15) is 10.9 Å². The lowest BCUT2D eigenvalue weighted by molar-refractivity contribution is 0.102. The molecule has 3 aromatic rings. The molecule has 0 spiro atoms. The normalized spacial score (nSPS) is 10.7. The highest BCUT2D eigenvalue weighted by atomic mass is 35.5. The Labute approximate surface area is 163 Å². The summed E-state index contributed by atoms with van der Waals surface area (Å²) >= 11 is 6.48. The summed E-state index contributed by atoms with van der Waals surface area (Å²) < 4.78 is 7.20. The number of hydrogen-bond acceptors (Lipinski definition) is 3. The molecule has 0 radical (unpaired) electrons. The third-order valence-electron chi connectivity index (χ3n) is 4.18. The SMILES string of the molecule is CCOc1ccccc1NC(=O)c1c(C)nn(Cc2ccc(C)cc2)c1Cl. The summed E-state index contributed by atoms with van der Waals surface area (Å²) in [6, 6.07) is 15.4. The number of carbonyl (C=O) groups is 1. The molecule has 5 nitrogen and oxygen atoms in total. The predicted octanol–water partition coefficient (Wildman–Crippen LogP) is 4.85. The van der Waals surface area contributed by atoms with Crippen molar-refractivity contribution in [1.82, 2.24) is 9.78 Å². The Bertz CT molecular complexity index is 949. The molecule has 0 aliphatic heterocycles. The highest BCUT2D eigenvalue weighted by molar-refractivity contribution is 6.33. The Morgan fingerprint density at radius 1 is 1.15 bits per heavy atom. The quantitative estimate of drug-likeness (QED) is 0.661. The van der Waals surface area contributed by atoms with Gasteiger partial charge < -0.3 is 10.1 Å². The molecule has 0 bridgehead atoms. The van der Waals surface area contributed by atoms with Gasteiger partial charge >= 0.3 is 0 Å². The summed E-state index contributed by atoms with van der Waals surface area (Å²) in [6.45, 7) is 6.73. The molecular weight excluding hydrogens is 362 g/mol. The molecule has 6 heteroatoms. The van der Waals surface area contributed by atoms with Crippen LogP contribution < -0.4 is 10.1 Å². The number of carbonyl (C=O) groups excluding carboxylic acids is 1. The first-order valence-corrected chi connectivity index (χ1v) is 9.19. The average Bonchev–Trinajstić information content (AvgIpc) is 2.92. The molecule has 1 N–H and O–H groups in total. The largest absolute Gasteiger partial charge is 0.492 e. The zero-order valence-corrected chi connectivity index (χ0v) is 16.4. The van der Waals surface area contributed by atoms with Gasteiger partial charge in [-0.1, -0.05) is 53.6 Å². The molecule has 140 valence electrons. The molecule has 0 fully saturated rings. The maximum atomic E-state index is 12.8. The lowest BCUT2D eigenvalue weighted by Gasteiger charge is -2.11. The standard InChI is InChI=1S/C21H22ClN3O2/c1-4-27-18-8-6-5-7-17(18)23-21(26)19-15(3)24-25(20(19)22)13-16-11-9-14(2)10-12-16/h5-12H,4,13H2,1-3H3,(H,23,26). The molecule has 0 aliphatic rings. The second-order valence-corrected chi connectivity index (χ2v) is 6.64. The van der Waals surface area contributed by atoms with Crippen molar-refractivity contribution in [2.75, 3.05) is 11.9 Å². The fourth-order valence-corrected chi connectivity index (χ4v) is 3.14. The van der Waals surface area contributed by atoms with E-state index in [1.807, 2.05) is 56.3 Å². The minimum Gasteiger partial charge on any atom is -0.492 e. The molecule has 1 heterocycles. The number of aryl methyl sites for hydroxylation is 2. The first-order chi connectivity index (χ1) is 13.0. The van der Waals surface area contributed by atoms with Crippen LogP contribution in [0.5, 0.6) is 5.75 Å². The summed E-state index contributed by atoms with van der Waals surface area (Å²) in [7, 11) is 0. The molecule has 0 unspecified atom stereocenters. The minimum atomic E-state index is -0.306. The zero-order valence-electron chi connectivity index (χ0n) is 15.6. The average molecular weight is 384 g/mol. The lowest BCUT2D eigenvalue weighted by Crippen LogP contribution is -2.14. The molecular formula is C21H22ClN3O2. The molecule has 0 aliphatic carbocycles. The van der Waals surface area contributed by atoms with E-state index in [4.69, 9.17) is 16.3 Å². The summed E-state index contributed by atoms with van der Waals surface area (Å²) in [4.78, 5) is 12.8. The van der Waals surface area contributed by atoms with Gasteiger partial charge in [0.15, 0.2) is 0 Å². The number of anilines is 1. The fraction of sp³-hybridized carbons (Fsp3) is 0.238. The van der Waals surface area contributed by atoms with E-state index < -0.39 is 0 Å². The highest BCUT2D eigenvalue weighted by Gasteiger charge is 2.21. The third-order valence-corrected chi connectivity index (χ3v) is 4.56. The minimum absolute atomic E-state index is 0.306. The Morgan fingerprint density at radius 2 is 1.85 bits per heavy atom. The van der Waals surface area contributed by atoms with Crippen molar-refractivity contribution in [2.45, 2.75) is 27.3 Å². The van der Waals surface area contributed by atoms with Gasteiger partial charge in [0, 0.05) is 0 Å². The smallest absolute Gasteiger partial charge is 0.260 e. The van der Waals surface area contributed by atoms with Crippen molar-refractivity contribution in [2.24, 2.45) is 0 Å². The molecule has 3 rings (SSSR count). The Kier molecular flexibility index (Phi) is 5.81. The van der Waals surface area contributed by atoms with E-state index in [1.54, 1.807) is 17.7 Å². The van der Waals surface area contributed by atoms with E-state index in [0.29, 0.717) is 41.0 Å². The summed E-state index contributed by atoms with van der Waals surface area (Å²) in [5.41, 5.74) is 3.81. The van der Waals surface area contributed by atoms with Crippen LogP contribution in [0, 0.1) is 13.8 Å². The molecule has 1 amide bonds. The van der Waals surface area contributed by atoms with Crippen molar-refractivity contribution in [1.29, 1.82) is 0 Å². The van der Waals surface area contributed by atoms with E-state index in [1.165, 1.54) is 5.56 Å². The van der Waals surface area contributed by atoms with E-state index >= 15 is 0 Å². The van der Waals surface area contributed by atoms with E-state index in [9.17, 15) is 4.79 Å². The topological polar surface area (TPSA) is 56.1 Å². The number of halogens is 1. The molecule has 0 saturated carbocycles. The molecule has 0 atom stereocenters. The lowest BCUT2D eigenvalue weighted by atomic mass is 10.1. The predicted molar refractivity (Wildman–Crippen MR) is 108 cm³/mol. The Morgan fingerprint density at radius 3 is 2.56 bits per heavy atom. The maximum absolute atomic E-state index is 12.8. The van der Waals surface area contributed by atoms with Crippen LogP contribution >= 0.6 is 11.6 Å². The monoisotopic (exact) mass is 383 g/mol. The molecule has 27 heavy (non-hydrogen) atoms. The molecule has 1 aromatic heterocycles. The fourth-order valence-electron chi connectivity index (χ4n) is 2.82. The van der Waals surface area contributed by atoms with Crippen LogP contribution in [0.2, 0.25) is 5.15 Å². The zero-order chi connectivity index (χ0) is 19.4. The van der Waals surface area contributed by atoms with Crippen molar-refractivity contribution in [3.05, 3.63) is 76.1 Å². The van der Waals surface area contributed by atoms with Gasteiger partial charge in [0.05, 0.1) is 30.1 Å². The number of aromatic nitrogens is 2. The van der Waals surface area contributed by atoms with Crippen LogP contribution in [0.3, 0.4) is 0 Å². The van der Waals surface area contributed by atoms with Crippen molar-refractivity contribution in [3.8, 4) is 5.75 Å². The first kappa shape index (κ1) is 19.0. The highest BCUT2D eigenvalue weighted by Crippen LogP contribution is 2.27. The van der Waals surface area contributed by atoms with Crippen LogP contribution in [0.4, 0.5) is 5.69 Å². The van der Waals surface area contributed by atoms with Gasteiger partial charge in [0.2, 0.25) is 0 Å². The number of rotatable bonds is 6.